The molecule has 1 heterocycles. The van der Waals surface area contributed by atoms with Gasteiger partial charge in [-0.2, -0.15) is 0 Å². The third-order valence-electron chi connectivity index (χ3n) is 3.34. The molecule has 0 aromatic rings. The summed E-state index contributed by atoms with van der Waals surface area (Å²) in [6.45, 7) is 10.7. The van der Waals surface area contributed by atoms with Gasteiger partial charge in [-0.05, 0) is 33.2 Å². The Balaban J connectivity index is 3.13. The Labute approximate surface area is 115 Å². The van der Waals surface area contributed by atoms with E-state index in [0.29, 0.717) is 11.5 Å². The predicted octanol–water partition coefficient (Wildman–Crippen LogP) is 1.38. The third kappa shape index (κ3) is 3.92. The fourth-order valence-corrected chi connectivity index (χ4v) is 2.24. The van der Waals surface area contributed by atoms with E-state index in [1.165, 1.54) is 6.20 Å². The summed E-state index contributed by atoms with van der Waals surface area (Å²) in [6, 6.07) is 0.124. The van der Waals surface area contributed by atoms with Crippen LogP contribution in [0.1, 0.15) is 33.6 Å². The Bertz CT molecular complexity index is 402. The summed E-state index contributed by atoms with van der Waals surface area (Å²) in [5.74, 6) is 0.589. The molecule has 1 rings (SSSR count). The van der Waals surface area contributed by atoms with Crippen LogP contribution < -0.4 is 11.1 Å². The minimum atomic E-state index is -0.0186. The van der Waals surface area contributed by atoms with E-state index in [9.17, 15) is 4.79 Å². The van der Waals surface area contributed by atoms with E-state index >= 15 is 0 Å². The van der Waals surface area contributed by atoms with E-state index < -0.39 is 0 Å². The van der Waals surface area contributed by atoms with Crippen LogP contribution in [0.5, 0.6) is 0 Å². The highest BCUT2D eigenvalue weighted by Gasteiger charge is 2.28. The van der Waals surface area contributed by atoms with E-state index in [0.717, 1.165) is 31.5 Å². The summed E-state index contributed by atoms with van der Waals surface area (Å²) in [4.78, 5) is 18.0. The fraction of sp³-hybridized carbons (Fsp3) is 0.571. The van der Waals surface area contributed by atoms with Gasteiger partial charge in [0.1, 0.15) is 5.84 Å². The van der Waals surface area contributed by atoms with Crippen molar-refractivity contribution in [2.45, 2.75) is 39.7 Å². The van der Waals surface area contributed by atoms with E-state index in [1.54, 1.807) is 11.8 Å². The SMILES string of the molecule is C=CN=C(/C(C)=C(\C)N)N(C(C)=O)C1CCCNC1. The van der Waals surface area contributed by atoms with Gasteiger partial charge in [0.15, 0.2) is 0 Å². The highest BCUT2D eigenvalue weighted by atomic mass is 16.2. The summed E-state index contributed by atoms with van der Waals surface area (Å²) in [7, 11) is 0. The molecule has 1 aliphatic rings. The van der Waals surface area contributed by atoms with Crippen molar-refractivity contribution in [3.8, 4) is 0 Å². The number of nitrogens with one attached hydrogen (secondary N) is 1. The van der Waals surface area contributed by atoms with Crippen LogP contribution in [0, 0.1) is 0 Å². The number of rotatable bonds is 3. The Morgan fingerprint density at radius 1 is 1.47 bits per heavy atom. The standard InChI is InChI=1S/C14H24N4O/c1-5-17-14(10(2)11(3)15)18(12(4)19)13-7-6-8-16-9-13/h5,13,16H,1,6-9,15H2,2-4H3/b11-10+,17-14?. The summed E-state index contributed by atoms with van der Waals surface area (Å²) in [5.41, 5.74) is 7.33. The summed E-state index contributed by atoms with van der Waals surface area (Å²) >= 11 is 0. The molecule has 0 radical (unpaired) electrons. The van der Waals surface area contributed by atoms with Crippen LogP contribution in [-0.4, -0.2) is 35.8 Å². The molecule has 106 valence electrons. The molecule has 1 saturated heterocycles. The lowest BCUT2D eigenvalue weighted by atomic mass is 10.0. The van der Waals surface area contributed by atoms with Crippen molar-refractivity contribution in [1.82, 2.24) is 10.2 Å². The number of hydrogen-bond donors (Lipinski definition) is 2. The number of hydrogen-bond acceptors (Lipinski definition) is 4. The van der Waals surface area contributed by atoms with Gasteiger partial charge in [-0.15, -0.1) is 0 Å². The molecule has 5 heteroatoms. The highest BCUT2D eigenvalue weighted by molar-refractivity contribution is 6.07. The lowest BCUT2D eigenvalue weighted by Crippen LogP contribution is -2.51. The third-order valence-corrected chi connectivity index (χ3v) is 3.34. The zero-order valence-electron chi connectivity index (χ0n) is 12.1. The van der Waals surface area contributed by atoms with Gasteiger partial charge < -0.3 is 11.1 Å². The first-order valence-electron chi connectivity index (χ1n) is 6.61. The topological polar surface area (TPSA) is 70.7 Å². The summed E-state index contributed by atoms with van der Waals surface area (Å²) in [5, 5.41) is 3.31. The Kier molecular flexibility index (Phi) is 5.76. The van der Waals surface area contributed by atoms with Crippen molar-refractivity contribution in [2.75, 3.05) is 13.1 Å². The Morgan fingerprint density at radius 3 is 2.58 bits per heavy atom. The van der Waals surface area contributed by atoms with Crippen molar-refractivity contribution in [3.05, 3.63) is 24.0 Å². The smallest absolute Gasteiger partial charge is 0.225 e. The molecular formula is C14H24N4O. The number of allylic oxidation sites excluding steroid dienone is 1. The quantitative estimate of drug-likeness (QED) is 0.597. The maximum atomic E-state index is 12.0. The first-order valence-corrected chi connectivity index (χ1v) is 6.61. The monoisotopic (exact) mass is 264 g/mol. The molecule has 0 aliphatic carbocycles. The molecule has 0 spiro atoms. The van der Waals surface area contributed by atoms with Crippen LogP contribution in [0.4, 0.5) is 0 Å². The number of carbonyl (C=O) groups is 1. The van der Waals surface area contributed by atoms with Crippen LogP contribution in [0.15, 0.2) is 29.0 Å². The van der Waals surface area contributed by atoms with Gasteiger partial charge in [-0.25, -0.2) is 4.99 Å². The number of aliphatic imine (C=N–C) groups is 1. The van der Waals surface area contributed by atoms with Gasteiger partial charge in [0.05, 0.1) is 6.04 Å². The van der Waals surface area contributed by atoms with Crippen molar-refractivity contribution in [2.24, 2.45) is 10.7 Å². The van der Waals surface area contributed by atoms with Crippen LogP contribution in [-0.2, 0) is 4.79 Å². The number of amidine groups is 1. The molecule has 1 atom stereocenters. The second kappa shape index (κ2) is 7.09. The zero-order chi connectivity index (χ0) is 14.4. The average Bonchev–Trinajstić information content (AvgIpc) is 2.38. The molecule has 0 bridgehead atoms. The second-order valence-electron chi connectivity index (χ2n) is 4.83. The lowest BCUT2D eigenvalue weighted by molar-refractivity contribution is -0.126. The van der Waals surface area contributed by atoms with Crippen molar-refractivity contribution >= 4 is 11.7 Å². The molecule has 1 fully saturated rings. The van der Waals surface area contributed by atoms with Crippen LogP contribution in [0.25, 0.3) is 0 Å². The molecule has 1 amide bonds. The lowest BCUT2D eigenvalue weighted by Gasteiger charge is -2.35. The molecule has 0 saturated carbocycles. The van der Waals surface area contributed by atoms with Gasteiger partial charge in [0.25, 0.3) is 0 Å². The largest absolute Gasteiger partial charge is 0.402 e. The van der Waals surface area contributed by atoms with Gasteiger partial charge in [-0.3, -0.25) is 9.69 Å². The fourth-order valence-electron chi connectivity index (χ4n) is 2.24. The average molecular weight is 264 g/mol. The maximum Gasteiger partial charge on any atom is 0.225 e. The minimum Gasteiger partial charge on any atom is -0.402 e. The van der Waals surface area contributed by atoms with E-state index in [4.69, 9.17) is 5.73 Å². The molecule has 1 aliphatic heterocycles. The first-order chi connectivity index (χ1) is 8.99. The summed E-state index contributed by atoms with van der Waals surface area (Å²) in [6.07, 6.45) is 3.48. The zero-order valence-corrected chi connectivity index (χ0v) is 12.1. The number of nitrogens with two attached hydrogens (primary N) is 1. The highest BCUT2D eigenvalue weighted by Crippen LogP contribution is 2.16. The normalized spacial score (nSPS) is 21.6. The van der Waals surface area contributed by atoms with Crippen molar-refractivity contribution in [3.63, 3.8) is 0 Å². The molecular weight excluding hydrogens is 240 g/mol. The van der Waals surface area contributed by atoms with Gasteiger partial charge in [-0.1, -0.05) is 6.58 Å². The second-order valence-corrected chi connectivity index (χ2v) is 4.83. The van der Waals surface area contributed by atoms with Gasteiger partial charge in [0.2, 0.25) is 5.91 Å². The Hall–Kier alpha value is -1.62. The molecule has 5 nitrogen and oxygen atoms in total. The van der Waals surface area contributed by atoms with Crippen molar-refractivity contribution < 1.29 is 4.79 Å². The maximum absolute atomic E-state index is 12.0. The van der Waals surface area contributed by atoms with Crippen LogP contribution in [0.2, 0.25) is 0 Å². The molecule has 3 N–H and O–H groups in total. The number of amides is 1. The van der Waals surface area contributed by atoms with E-state index in [2.05, 4.69) is 16.9 Å². The van der Waals surface area contributed by atoms with Gasteiger partial charge in [0, 0.05) is 30.9 Å². The predicted molar refractivity (Wildman–Crippen MR) is 78.6 cm³/mol. The number of piperidine rings is 1. The van der Waals surface area contributed by atoms with E-state index in [1.807, 2.05) is 13.8 Å². The Morgan fingerprint density at radius 2 is 2.16 bits per heavy atom. The number of carbonyl (C=O) groups excluding carboxylic acids is 1. The molecule has 0 aromatic carbocycles. The first kappa shape index (κ1) is 15.4. The van der Waals surface area contributed by atoms with Crippen LogP contribution >= 0.6 is 0 Å². The summed E-state index contributed by atoms with van der Waals surface area (Å²) < 4.78 is 0. The molecule has 1 unspecified atom stereocenters. The molecule has 0 aromatic heterocycles. The van der Waals surface area contributed by atoms with Crippen molar-refractivity contribution in [1.29, 1.82) is 0 Å². The van der Waals surface area contributed by atoms with Crippen LogP contribution in [0.3, 0.4) is 0 Å². The van der Waals surface area contributed by atoms with Gasteiger partial charge >= 0.3 is 0 Å². The van der Waals surface area contributed by atoms with E-state index in [-0.39, 0.29) is 11.9 Å². The minimum absolute atomic E-state index is 0.0186. The molecule has 19 heavy (non-hydrogen) atoms. The number of nitrogens with zero attached hydrogens (tertiary/aromatic N) is 2.